The van der Waals surface area contributed by atoms with E-state index in [9.17, 15) is 9.59 Å². The van der Waals surface area contributed by atoms with Gasteiger partial charge < -0.3 is 15.7 Å². The summed E-state index contributed by atoms with van der Waals surface area (Å²) in [7, 11) is 0. The van der Waals surface area contributed by atoms with Crippen molar-refractivity contribution in [2.45, 2.75) is 19.0 Å². The van der Waals surface area contributed by atoms with Gasteiger partial charge in [-0.1, -0.05) is 18.2 Å². The van der Waals surface area contributed by atoms with Gasteiger partial charge in [0, 0.05) is 18.3 Å². The zero-order valence-corrected chi connectivity index (χ0v) is 11.1. The molecule has 1 atom stereocenters. The molecule has 1 aromatic carbocycles. The molecule has 2 heterocycles. The monoisotopic (exact) mass is 286 g/mol. The lowest BCUT2D eigenvalue weighted by Crippen LogP contribution is -2.32. The standard InChI is InChI=1S/C14H14N4O3/c19-13(20)8-18-7-10(6-15-18)16-14(21)12-5-9-3-1-2-4-11(9)17-12/h1-4,6-7,12,17H,5,8H2,(H,16,21)(H,19,20). The van der Waals surface area contributed by atoms with Crippen molar-refractivity contribution in [1.29, 1.82) is 0 Å². The molecule has 1 aliphatic rings. The van der Waals surface area contributed by atoms with Crippen LogP contribution in [0.3, 0.4) is 0 Å². The summed E-state index contributed by atoms with van der Waals surface area (Å²) in [4.78, 5) is 22.8. The topological polar surface area (TPSA) is 96.2 Å². The Morgan fingerprint density at radius 1 is 1.43 bits per heavy atom. The number of nitrogens with zero attached hydrogens (tertiary/aromatic N) is 2. The van der Waals surface area contributed by atoms with E-state index in [0.29, 0.717) is 12.1 Å². The van der Waals surface area contributed by atoms with Crippen LogP contribution in [0.5, 0.6) is 0 Å². The molecule has 0 saturated heterocycles. The highest BCUT2D eigenvalue weighted by atomic mass is 16.4. The van der Waals surface area contributed by atoms with E-state index >= 15 is 0 Å². The predicted molar refractivity (Wildman–Crippen MR) is 76.0 cm³/mol. The summed E-state index contributed by atoms with van der Waals surface area (Å²) < 4.78 is 1.26. The number of carboxylic acid groups (broad SMARTS) is 1. The second-order valence-electron chi connectivity index (χ2n) is 4.87. The van der Waals surface area contributed by atoms with Crippen LogP contribution in [-0.2, 0) is 22.6 Å². The summed E-state index contributed by atoms with van der Waals surface area (Å²) in [5.74, 6) is -1.15. The third kappa shape index (κ3) is 2.86. The second kappa shape index (κ2) is 5.28. The molecule has 0 radical (unpaired) electrons. The third-order valence-electron chi connectivity index (χ3n) is 3.29. The van der Waals surface area contributed by atoms with Crippen LogP contribution in [0, 0.1) is 0 Å². The van der Waals surface area contributed by atoms with Gasteiger partial charge >= 0.3 is 5.97 Å². The van der Waals surface area contributed by atoms with Gasteiger partial charge in [0.2, 0.25) is 5.91 Å². The van der Waals surface area contributed by atoms with E-state index in [1.54, 1.807) is 0 Å². The van der Waals surface area contributed by atoms with Crippen molar-refractivity contribution in [3.05, 3.63) is 42.2 Å². The Hall–Kier alpha value is -2.83. The molecule has 3 N–H and O–H groups in total. The summed E-state index contributed by atoms with van der Waals surface area (Å²) in [6.07, 6.45) is 3.56. The summed E-state index contributed by atoms with van der Waals surface area (Å²) in [5, 5.41) is 18.4. The zero-order valence-electron chi connectivity index (χ0n) is 11.1. The number of fused-ring (bicyclic) bond motifs is 1. The fourth-order valence-corrected chi connectivity index (χ4v) is 2.34. The van der Waals surface area contributed by atoms with E-state index < -0.39 is 5.97 Å². The average Bonchev–Trinajstić information content (AvgIpc) is 3.04. The Kier molecular flexibility index (Phi) is 3.31. The van der Waals surface area contributed by atoms with Crippen LogP contribution < -0.4 is 10.6 Å². The van der Waals surface area contributed by atoms with E-state index in [-0.39, 0.29) is 18.5 Å². The molecule has 0 bridgehead atoms. The molecule has 3 rings (SSSR count). The molecule has 1 unspecified atom stereocenters. The fourth-order valence-electron chi connectivity index (χ4n) is 2.34. The van der Waals surface area contributed by atoms with Crippen LogP contribution in [0.15, 0.2) is 36.7 Å². The van der Waals surface area contributed by atoms with Gasteiger partial charge in [0.1, 0.15) is 12.6 Å². The summed E-state index contributed by atoms with van der Waals surface area (Å²) >= 11 is 0. The first-order valence-electron chi connectivity index (χ1n) is 6.51. The van der Waals surface area contributed by atoms with Crippen molar-refractivity contribution in [3.63, 3.8) is 0 Å². The maximum absolute atomic E-state index is 12.2. The minimum absolute atomic E-state index is 0.166. The largest absolute Gasteiger partial charge is 0.480 e. The number of carboxylic acids is 1. The molecule has 1 amide bonds. The highest BCUT2D eigenvalue weighted by molar-refractivity contribution is 5.97. The van der Waals surface area contributed by atoms with E-state index in [1.165, 1.54) is 17.1 Å². The lowest BCUT2D eigenvalue weighted by atomic mass is 10.1. The smallest absolute Gasteiger partial charge is 0.325 e. The molecule has 7 heteroatoms. The minimum atomic E-state index is -0.983. The molecule has 0 aliphatic carbocycles. The molecule has 1 aliphatic heterocycles. The van der Waals surface area contributed by atoms with Crippen molar-refractivity contribution >= 4 is 23.3 Å². The number of anilines is 2. The van der Waals surface area contributed by atoms with Crippen LogP contribution in [-0.4, -0.2) is 32.8 Å². The van der Waals surface area contributed by atoms with Gasteiger partial charge in [-0.05, 0) is 11.6 Å². The number of hydrogen-bond donors (Lipinski definition) is 3. The van der Waals surface area contributed by atoms with Crippen molar-refractivity contribution in [1.82, 2.24) is 9.78 Å². The van der Waals surface area contributed by atoms with Crippen molar-refractivity contribution in [3.8, 4) is 0 Å². The van der Waals surface area contributed by atoms with Gasteiger partial charge in [-0.15, -0.1) is 0 Å². The number of nitrogens with one attached hydrogen (secondary N) is 2. The zero-order chi connectivity index (χ0) is 14.8. The molecular formula is C14H14N4O3. The summed E-state index contributed by atoms with van der Waals surface area (Å²) in [6.45, 7) is -0.233. The Morgan fingerprint density at radius 2 is 2.24 bits per heavy atom. The third-order valence-corrected chi connectivity index (χ3v) is 3.29. The molecule has 0 fully saturated rings. The number of aliphatic carboxylic acids is 1. The average molecular weight is 286 g/mol. The van der Waals surface area contributed by atoms with Gasteiger partial charge in [0.25, 0.3) is 0 Å². The number of aromatic nitrogens is 2. The van der Waals surface area contributed by atoms with Gasteiger partial charge in [-0.2, -0.15) is 5.10 Å². The maximum Gasteiger partial charge on any atom is 0.325 e. The van der Waals surface area contributed by atoms with Crippen LogP contribution in [0.25, 0.3) is 0 Å². The van der Waals surface area contributed by atoms with E-state index in [4.69, 9.17) is 5.11 Å². The molecule has 7 nitrogen and oxygen atoms in total. The summed E-state index contributed by atoms with van der Waals surface area (Å²) in [5.41, 5.74) is 2.57. The SMILES string of the molecule is O=C(O)Cn1cc(NC(=O)C2Cc3ccccc3N2)cn1. The Bertz CT molecular complexity index is 670. The first kappa shape index (κ1) is 13.2. The number of carbonyl (C=O) groups is 2. The maximum atomic E-state index is 12.2. The molecule has 108 valence electrons. The Balaban J connectivity index is 1.63. The number of amides is 1. The molecule has 0 saturated carbocycles. The van der Waals surface area contributed by atoms with E-state index in [0.717, 1.165) is 11.3 Å². The van der Waals surface area contributed by atoms with E-state index in [2.05, 4.69) is 15.7 Å². The number of carbonyl (C=O) groups excluding carboxylic acids is 1. The van der Waals surface area contributed by atoms with Gasteiger partial charge in [0.15, 0.2) is 0 Å². The molecule has 1 aromatic heterocycles. The van der Waals surface area contributed by atoms with Crippen molar-refractivity contribution in [2.24, 2.45) is 0 Å². The fraction of sp³-hybridized carbons (Fsp3) is 0.214. The van der Waals surface area contributed by atoms with Gasteiger partial charge in [-0.25, -0.2) is 0 Å². The van der Waals surface area contributed by atoms with Gasteiger partial charge in [0.05, 0.1) is 11.9 Å². The quantitative estimate of drug-likeness (QED) is 0.777. The lowest BCUT2D eigenvalue weighted by Gasteiger charge is -2.10. The number of hydrogen-bond acceptors (Lipinski definition) is 4. The molecule has 2 aromatic rings. The van der Waals surface area contributed by atoms with Crippen LogP contribution in [0.2, 0.25) is 0 Å². The normalized spacial score (nSPS) is 16.1. The molecule has 21 heavy (non-hydrogen) atoms. The first-order chi connectivity index (χ1) is 10.1. The highest BCUT2D eigenvalue weighted by Crippen LogP contribution is 2.25. The number of rotatable bonds is 4. The van der Waals surface area contributed by atoms with Crippen molar-refractivity contribution < 1.29 is 14.7 Å². The minimum Gasteiger partial charge on any atom is -0.480 e. The molecular weight excluding hydrogens is 272 g/mol. The number of para-hydroxylation sites is 1. The Labute approximate surface area is 120 Å². The van der Waals surface area contributed by atoms with Crippen LogP contribution in [0.4, 0.5) is 11.4 Å². The summed E-state index contributed by atoms with van der Waals surface area (Å²) in [6, 6.07) is 7.46. The van der Waals surface area contributed by atoms with Crippen LogP contribution >= 0.6 is 0 Å². The Morgan fingerprint density at radius 3 is 3.00 bits per heavy atom. The second-order valence-corrected chi connectivity index (χ2v) is 4.87. The van der Waals surface area contributed by atoms with E-state index in [1.807, 2.05) is 24.3 Å². The number of benzene rings is 1. The highest BCUT2D eigenvalue weighted by Gasteiger charge is 2.26. The lowest BCUT2D eigenvalue weighted by molar-refractivity contribution is -0.137. The molecule has 0 spiro atoms. The van der Waals surface area contributed by atoms with Crippen molar-refractivity contribution in [2.75, 3.05) is 10.6 Å². The predicted octanol–water partition coefficient (Wildman–Crippen LogP) is 0.943. The van der Waals surface area contributed by atoms with Gasteiger partial charge in [-0.3, -0.25) is 14.3 Å². The first-order valence-corrected chi connectivity index (χ1v) is 6.51. The van der Waals surface area contributed by atoms with Crippen LogP contribution in [0.1, 0.15) is 5.56 Å².